The molecule has 1 aliphatic rings. The number of Topliss-reactive ketones (excluding diaryl/α,β-unsaturated/α-hetero) is 1. The third-order valence-electron chi connectivity index (χ3n) is 6.18. The van der Waals surface area contributed by atoms with Crippen molar-refractivity contribution in [3.8, 4) is 0 Å². The fraction of sp³-hybridized carbons (Fsp3) is 0.480. The van der Waals surface area contributed by atoms with Gasteiger partial charge in [-0.05, 0) is 27.7 Å². The minimum absolute atomic E-state index is 0.0379. The van der Waals surface area contributed by atoms with Crippen molar-refractivity contribution < 1.29 is 47.5 Å². The number of aliphatic carboxylic acids is 1. The van der Waals surface area contributed by atoms with Crippen LogP contribution >= 0.6 is 7.75 Å². The van der Waals surface area contributed by atoms with E-state index in [1.807, 2.05) is 0 Å². The lowest BCUT2D eigenvalue weighted by atomic mass is 10.1. The molecular formula is C25H32N6O10P-. The number of benzene rings is 1. The average molecular weight is 608 g/mol. The number of nitrogen functional groups attached to an aromatic ring is 1. The van der Waals surface area contributed by atoms with Crippen LogP contribution in [0.1, 0.15) is 44.3 Å². The molecule has 0 saturated carbocycles. The molecule has 16 nitrogen and oxygen atoms in total. The molecule has 4 rings (SSSR count). The number of hydrogen-bond acceptors (Lipinski definition) is 12. The Morgan fingerprint density at radius 2 is 1.81 bits per heavy atom. The summed E-state index contributed by atoms with van der Waals surface area (Å²) < 4.78 is 37.8. The number of fused-ring (bicyclic) bond motifs is 1. The molecule has 1 fully saturated rings. The topological polar surface area (TPSA) is 238 Å². The molecule has 1 aliphatic heterocycles. The summed E-state index contributed by atoms with van der Waals surface area (Å²) in [6.45, 7) is 6.45. The number of carbonyl (C=O) groups is 2. The molecule has 42 heavy (non-hydrogen) atoms. The van der Waals surface area contributed by atoms with Gasteiger partial charge >= 0.3 is 5.65 Å². The number of nitrogens with one attached hydrogen (secondary N) is 3. The summed E-state index contributed by atoms with van der Waals surface area (Å²) in [5, 5.41) is 13.4. The third kappa shape index (κ3) is 7.10. The number of nitrogens with two attached hydrogens (primary N) is 1. The molecule has 1 aromatic carbocycles. The van der Waals surface area contributed by atoms with E-state index in [4.69, 9.17) is 24.5 Å². The Bertz CT molecular complexity index is 1530. The zero-order valence-electron chi connectivity index (χ0n) is 23.2. The number of nitrogens with zero attached hydrogens (tertiary/aromatic N) is 2. The molecular weight excluding hydrogens is 575 g/mol. The number of carbonyl (C=O) groups excluding carboxylic acids is 2. The predicted octanol–water partition coefficient (Wildman–Crippen LogP) is -1.32. The van der Waals surface area contributed by atoms with Crippen LogP contribution < -0.4 is 30.9 Å². The minimum atomic E-state index is -5.17. The van der Waals surface area contributed by atoms with E-state index in [9.17, 15) is 28.9 Å². The molecule has 17 heteroatoms. The summed E-state index contributed by atoms with van der Waals surface area (Å²) in [5.74, 6) is -3.12. The minimum Gasteiger partial charge on any atom is -0.766 e. The molecule has 0 amide bonds. The first-order valence-corrected chi connectivity index (χ1v) is 14.6. The predicted molar refractivity (Wildman–Crippen MR) is 142 cm³/mol. The van der Waals surface area contributed by atoms with Gasteiger partial charge in [-0.3, -0.25) is 24.1 Å². The van der Waals surface area contributed by atoms with Gasteiger partial charge in [0.05, 0.1) is 24.8 Å². The number of carboxylic acids is 1. The zero-order chi connectivity index (χ0) is 30.8. The molecule has 0 bridgehead atoms. The first kappa shape index (κ1) is 31.4. The molecule has 0 spiro atoms. The van der Waals surface area contributed by atoms with Gasteiger partial charge in [-0.25, -0.2) is 9.65 Å². The quantitative estimate of drug-likeness (QED) is 0.0764. The summed E-state index contributed by atoms with van der Waals surface area (Å²) in [6, 6.07) is 5.05. The number of anilines is 1. The van der Waals surface area contributed by atoms with Crippen LogP contribution in [0.4, 0.5) is 5.95 Å². The Hall–Kier alpha value is -3.50. The highest BCUT2D eigenvalue weighted by Crippen LogP contribution is 2.38. The maximum Gasteiger partial charge on any atom is 0.313 e. The molecule has 5 N–H and O–H groups in total. The second-order valence-electron chi connectivity index (χ2n) is 10.1. The highest BCUT2D eigenvalue weighted by molar-refractivity contribution is 7.49. The average Bonchev–Trinajstić information content (AvgIpc) is 3.47. The van der Waals surface area contributed by atoms with Crippen molar-refractivity contribution in [1.29, 1.82) is 0 Å². The van der Waals surface area contributed by atoms with Crippen LogP contribution in [0.15, 0.2) is 41.5 Å². The summed E-state index contributed by atoms with van der Waals surface area (Å²) in [7, 11) is -5.17. The summed E-state index contributed by atoms with van der Waals surface area (Å²) in [6.07, 6.45) is -3.05. The fourth-order valence-electron chi connectivity index (χ4n) is 4.54. The van der Waals surface area contributed by atoms with Gasteiger partial charge in [0.25, 0.3) is 11.5 Å². The maximum atomic E-state index is 12.8. The van der Waals surface area contributed by atoms with Gasteiger partial charge < -0.3 is 39.3 Å². The van der Waals surface area contributed by atoms with Crippen LogP contribution in [0.5, 0.6) is 0 Å². The lowest BCUT2D eigenvalue weighted by molar-refractivity contribution is -0.745. The third-order valence-corrected chi connectivity index (χ3v) is 7.25. The Morgan fingerprint density at radius 3 is 2.43 bits per heavy atom. The maximum absolute atomic E-state index is 12.8. The molecule has 3 unspecified atom stereocenters. The Labute approximate surface area is 239 Å². The van der Waals surface area contributed by atoms with Crippen LogP contribution in [-0.4, -0.2) is 69.9 Å². The van der Waals surface area contributed by atoms with E-state index in [1.54, 1.807) is 38.8 Å². The van der Waals surface area contributed by atoms with E-state index in [0.717, 1.165) is 0 Å². The lowest BCUT2D eigenvalue weighted by Crippen LogP contribution is -2.51. The SMILES string of the molecule is CC(C)OC1[C@@H](OC(C)C)[C@@H](COP(=O)([O-])NC(C(=O)[O-])C(=O)c2ccccc2)O[C@H]1[n+]1c[nH]c2c(=O)[nH]c(N)nc21. The highest BCUT2D eigenvalue weighted by atomic mass is 31.2. The van der Waals surface area contributed by atoms with Crippen molar-refractivity contribution in [3.05, 3.63) is 52.6 Å². The van der Waals surface area contributed by atoms with E-state index in [-0.39, 0.29) is 34.9 Å². The van der Waals surface area contributed by atoms with Crippen LogP contribution in [0, 0.1) is 0 Å². The number of imidazole rings is 1. The van der Waals surface area contributed by atoms with Crippen LogP contribution in [-0.2, 0) is 28.1 Å². The van der Waals surface area contributed by atoms with E-state index >= 15 is 0 Å². The molecule has 3 heterocycles. The second-order valence-corrected chi connectivity index (χ2v) is 11.6. The van der Waals surface area contributed by atoms with Crippen molar-refractivity contribution in [2.45, 2.75) is 70.5 Å². The van der Waals surface area contributed by atoms with Gasteiger partial charge in [-0.1, -0.05) is 35.3 Å². The van der Waals surface area contributed by atoms with Gasteiger partial charge in [-0.2, -0.15) is 0 Å². The number of ketones is 1. The van der Waals surface area contributed by atoms with Crippen molar-refractivity contribution in [1.82, 2.24) is 20.0 Å². The molecule has 2 aromatic heterocycles. The van der Waals surface area contributed by atoms with Gasteiger partial charge in [0.1, 0.15) is 24.4 Å². The Morgan fingerprint density at radius 1 is 1.17 bits per heavy atom. The van der Waals surface area contributed by atoms with Crippen molar-refractivity contribution in [2.75, 3.05) is 12.3 Å². The second kappa shape index (κ2) is 12.8. The number of hydrogen-bond donors (Lipinski definition) is 4. The Kier molecular flexibility index (Phi) is 9.57. The molecule has 6 atom stereocenters. The highest BCUT2D eigenvalue weighted by Gasteiger charge is 2.51. The molecule has 0 aliphatic carbocycles. The largest absolute Gasteiger partial charge is 0.766 e. The lowest BCUT2D eigenvalue weighted by Gasteiger charge is -2.31. The number of carboxylic acid groups (broad SMARTS) is 1. The summed E-state index contributed by atoms with van der Waals surface area (Å²) >= 11 is 0. The van der Waals surface area contributed by atoms with Crippen LogP contribution in [0.3, 0.4) is 0 Å². The van der Waals surface area contributed by atoms with E-state index in [0.29, 0.717) is 0 Å². The van der Waals surface area contributed by atoms with Crippen molar-refractivity contribution >= 4 is 36.6 Å². The van der Waals surface area contributed by atoms with Gasteiger partial charge in [0.15, 0.2) is 12.1 Å². The number of aromatic nitrogens is 4. The van der Waals surface area contributed by atoms with Crippen molar-refractivity contribution in [3.63, 3.8) is 0 Å². The van der Waals surface area contributed by atoms with Gasteiger partial charge in [-0.15, -0.1) is 0 Å². The van der Waals surface area contributed by atoms with Crippen molar-refractivity contribution in [2.24, 2.45) is 0 Å². The first-order valence-electron chi connectivity index (χ1n) is 13.0. The molecule has 3 aromatic rings. The molecule has 0 radical (unpaired) electrons. The number of H-pyrrole nitrogens is 2. The fourth-order valence-corrected chi connectivity index (χ4v) is 5.50. The van der Waals surface area contributed by atoms with Crippen LogP contribution in [0.2, 0.25) is 0 Å². The summed E-state index contributed by atoms with van der Waals surface area (Å²) in [4.78, 5) is 59.0. The number of ether oxygens (including phenoxy) is 3. The normalized spacial score (nSPS) is 22.9. The Balaban J connectivity index is 1.60. The number of aromatic amines is 2. The first-order chi connectivity index (χ1) is 19.8. The van der Waals surface area contributed by atoms with Gasteiger partial charge in [0, 0.05) is 5.56 Å². The zero-order valence-corrected chi connectivity index (χ0v) is 24.1. The molecule has 228 valence electrons. The smallest absolute Gasteiger partial charge is 0.313 e. The summed E-state index contributed by atoms with van der Waals surface area (Å²) in [5.41, 5.74) is 5.46. The van der Waals surface area contributed by atoms with Crippen LogP contribution in [0.25, 0.3) is 11.2 Å². The monoisotopic (exact) mass is 607 g/mol. The van der Waals surface area contributed by atoms with Gasteiger partial charge in [0.2, 0.25) is 19.5 Å². The van der Waals surface area contributed by atoms with E-state index < -0.39 is 62.2 Å². The molecule has 1 saturated heterocycles. The van der Waals surface area contributed by atoms with E-state index in [1.165, 1.54) is 35.2 Å². The number of rotatable bonds is 13. The van der Waals surface area contributed by atoms with E-state index in [2.05, 4.69) is 15.0 Å². The standard InChI is InChI=1S/C25H33N6O10P/c1-12(2)39-19-15(10-38-42(36,37)30-16(24(34)35)18(32)14-8-6-5-7-9-14)41-23(20(19)40-13(3)4)31-11-27-17-21(31)28-25(26)29-22(17)33/h5-9,11-13,15-16,19-20,23H,10H2,1-4H3,(H6,26,28,29,30,33,34,35,36,37)/p-1/t15-,16?,19+,20?,23-/m1/s1.